The first-order valence-corrected chi connectivity index (χ1v) is 14.2. The highest BCUT2D eigenvalue weighted by Gasteiger charge is 2.34. The van der Waals surface area contributed by atoms with Gasteiger partial charge in [-0.15, -0.1) is 11.3 Å². The number of nitrogens with one attached hydrogen (secondary N) is 2. The maximum atomic E-state index is 14.5. The molecule has 0 spiro atoms. The molecule has 0 aliphatic rings. The Hall–Kier alpha value is -3.26. The lowest BCUT2D eigenvalue weighted by molar-refractivity contribution is -0.128. The molecule has 2 aromatic carbocycles. The number of rotatable bonds is 12. The topological polar surface area (TPSA) is 116 Å². The Kier molecular flexibility index (Phi) is 10.2. The maximum Gasteiger partial charge on any atom is 0.246 e. The molecule has 0 aliphatic heterocycles. The average Bonchev–Trinajstić information content (AvgIpc) is 3.38. The van der Waals surface area contributed by atoms with Gasteiger partial charge in [0.15, 0.2) is 11.6 Å². The molecule has 0 fully saturated rings. The minimum absolute atomic E-state index is 0.0902. The van der Waals surface area contributed by atoms with Crippen LogP contribution in [0.1, 0.15) is 24.3 Å². The van der Waals surface area contributed by atoms with E-state index < -0.39 is 68.9 Å². The number of aliphatic hydroxyl groups is 1. The first kappa shape index (κ1) is 30.3. The van der Waals surface area contributed by atoms with Crippen LogP contribution in [0, 0.1) is 17.5 Å². The zero-order valence-corrected chi connectivity index (χ0v) is 22.7. The van der Waals surface area contributed by atoms with Gasteiger partial charge in [-0.25, -0.2) is 21.6 Å². The number of carbonyl (C=O) groups excluding carboxylic acids is 2. The predicted molar refractivity (Wildman–Crippen MR) is 140 cm³/mol. The summed E-state index contributed by atoms with van der Waals surface area (Å²) in [4.78, 5) is 23.6. The largest absolute Gasteiger partial charge is 0.390 e. The fraction of sp³-hybridized carbons (Fsp3) is 0.308. The Balaban J connectivity index is 1.95. The van der Waals surface area contributed by atoms with Crippen LogP contribution in [0.2, 0.25) is 0 Å². The highest BCUT2D eigenvalue weighted by Crippen LogP contribution is 2.25. The second kappa shape index (κ2) is 13.2. The summed E-state index contributed by atoms with van der Waals surface area (Å²) in [6.45, 7) is 1.77. The molecule has 3 atom stereocenters. The minimum atomic E-state index is -4.78. The number of amides is 2. The Morgan fingerprint density at radius 1 is 1.00 bits per heavy atom. The molecule has 39 heavy (non-hydrogen) atoms. The van der Waals surface area contributed by atoms with E-state index in [0.29, 0.717) is 10.4 Å². The molecule has 0 unspecified atom stereocenters. The quantitative estimate of drug-likeness (QED) is 0.284. The third-order valence-electron chi connectivity index (χ3n) is 5.80. The van der Waals surface area contributed by atoms with E-state index in [2.05, 4.69) is 10.6 Å². The standard InChI is InChI=1S/C26H28F3N3O5S2/c1-16(30-17(2)33)26(35)31-23(11-18-7-4-3-5-8-18)24(34)15-32(14-19-9-6-10-38-19)39(36,37)25-13-21(28)20(27)12-22(25)29/h3-10,12-13,16,23-24,34H,11,14-15H2,1-2H3,(H,30,33)(H,31,35)/t16-,23-,24+/m0/s1. The van der Waals surface area contributed by atoms with Crippen LogP contribution in [0.3, 0.4) is 0 Å². The van der Waals surface area contributed by atoms with Crippen molar-refractivity contribution in [2.45, 2.75) is 49.9 Å². The lowest BCUT2D eigenvalue weighted by atomic mass is 10.0. The summed E-state index contributed by atoms with van der Waals surface area (Å²) >= 11 is 1.21. The molecule has 0 radical (unpaired) electrons. The summed E-state index contributed by atoms with van der Waals surface area (Å²) in [7, 11) is -4.78. The summed E-state index contributed by atoms with van der Waals surface area (Å²) in [5.41, 5.74) is 0.716. The van der Waals surface area contributed by atoms with Crippen molar-refractivity contribution in [2.75, 3.05) is 6.54 Å². The summed E-state index contributed by atoms with van der Waals surface area (Å²) in [6, 6.07) is 10.5. The van der Waals surface area contributed by atoms with Crippen LogP contribution in [0.25, 0.3) is 0 Å². The molecule has 1 aromatic heterocycles. The van der Waals surface area contributed by atoms with Gasteiger partial charge < -0.3 is 15.7 Å². The second-order valence-corrected chi connectivity index (χ2v) is 11.8. The molecule has 210 valence electrons. The Bertz CT molecular complexity index is 1390. The van der Waals surface area contributed by atoms with Gasteiger partial charge in [-0.05, 0) is 36.4 Å². The molecule has 1 heterocycles. The zero-order chi connectivity index (χ0) is 28.7. The van der Waals surface area contributed by atoms with Crippen LogP contribution in [-0.2, 0) is 32.6 Å². The fourth-order valence-corrected chi connectivity index (χ4v) is 6.13. The first-order chi connectivity index (χ1) is 18.4. The molecular formula is C26H28F3N3O5S2. The van der Waals surface area contributed by atoms with E-state index in [9.17, 15) is 36.3 Å². The highest BCUT2D eigenvalue weighted by molar-refractivity contribution is 7.89. The number of aliphatic hydroxyl groups excluding tert-OH is 1. The van der Waals surface area contributed by atoms with Gasteiger partial charge in [0.25, 0.3) is 0 Å². The van der Waals surface area contributed by atoms with Crippen molar-refractivity contribution in [2.24, 2.45) is 0 Å². The number of sulfonamides is 1. The van der Waals surface area contributed by atoms with Crippen molar-refractivity contribution in [1.29, 1.82) is 0 Å². The van der Waals surface area contributed by atoms with E-state index in [0.717, 1.165) is 4.31 Å². The Morgan fingerprint density at radius 3 is 2.28 bits per heavy atom. The van der Waals surface area contributed by atoms with Crippen LogP contribution in [0.4, 0.5) is 13.2 Å². The van der Waals surface area contributed by atoms with E-state index in [1.54, 1.807) is 47.8 Å². The van der Waals surface area contributed by atoms with Gasteiger partial charge in [-0.3, -0.25) is 9.59 Å². The molecule has 2 amide bonds. The molecule has 0 saturated carbocycles. The molecule has 0 aliphatic carbocycles. The van der Waals surface area contributed by atoms with Gasteiger partial charge in [-0.2, -0.15) is 4.31 Å². The number of hydrogen-bond donors (Lipinski definition) is 3. The number of thiophene rings is 1. The second-order valence-electron chi connectivity index (χ2n) is 8.87. The summed E-state index contributed by atoms with van der Waals surface area (Å²) in [5.74, 6) is -5.65. The van der Waals surface area contributed by atoms with Gasteiger partial charge in [0.1, 0.15) is 16.8 Å². The number of hydrogen-bond acceptors (Lipinski definition) is 6. The van der Waals surface area contributed by atoms with E-state index in [1.807, 2.05) is 0 Å². The zero-order valence-electron chi connectivity index (χ0n) is 21.1. The predicted octanol–water partition coefficient (Wildman–Crippen LogP) is 2.97. The van der Waals surface area contributed by atoms with Gasteiger partial charge in [0, 0.05) is 31.0 Å². The molecule has 3 N–H and O–H groups in total. The molecule has 13 heteroatoms. The minimum Gasteiger partial charge on any atom is -0.390 e. The van der Waals surface area contributed by atoms with Crippen LogP contribution in [0.5, 0.6) is 0 Å². The number of halogens is 3. The fourth-order valence-electron chi connectivity index (χ4n) is 3.83. The van der Waals surface area contributed by atoms with Crippen molar-refractivity contribution in [1.82, 2.24) is 14.9 Å². The molecule has 8 nitrogen and oxygen atoms in total. The van der Waals surface area contributed by atoms with Crippen molar-refractivity contribution in [3.63, 3.8) is 0 Å². The van der Waals surface area contributed by atoms with Gasteiger partial charge in [0.2, 0.25) is 21.8 Å². The molecule has 3 rings (SSSR count). The smallest absolute Gasteiger partial charge is 0.246 e. The van der Waals surface area contributed by atoms with E-state index in [-0.39, 0.29) is 25.1 Å². The molecule has 3 aromatic rings. The van der Waals surface area contributed by atoms with E-state index in [4.69, 9.17) is 0 Å². The Labute approximate surface area is 228 Å². The highest BCUT2D eigenvalue weighted by atomic mass is 32.2. The summed E-state index contributed by atoms with van der Waals surface area (Å²) in [6.07, 6.45) is -1.44. The number of carbonyl (C=O) groups is 2. The third-order valence-corrected chi connectivity index (χ3v) is 8.49. The summed E-state index contributed by atoms with van der Waals surface area (Å²) < 4.78 is 69.7. The molecular weight excluding hydrogens is 555 g/mol. The average molecular weight is 584 g/mol. The van der Waals surface area contributed by atoms with Crippen molar-refractivity contribution in [3.8, 4) is 0 Å². The van der Waals surface area contributed by atoms with Gasteiger partial charge in [0.05, 0.1) is 12.1 Å². The first-order valence-electron chi connectivity index (χ1n) is 11.8. The maximum absolute atomic E-state index is 14.5. The normalized spacial score (nSPS) is 14.0. The Morgan fingerprint density at radius 2 is 1.67 bits per heavy atom. The van der Waals surface area contributed by atoms with Gasteiger partial charge in [-0.1, -0.05) is 36.4 Å². The summed E-state index contributed by atoms with van der Waals surface area (Å²) in [5, 5.41) is 18.0. The molecule has 0 saturated heterocycles. The van der Waals surface area contributed by atoms with Crippen LogP contribution < -0.4 is 10.6 Å². The van der Waals surface area contributed by atoms with Crippen LogP contribution in [0.15, 0.2) is 64.9 Å². The number of benzene rings is 2. The van der Waals surface area contributed by atoms with E-state index >= 15 is 0 Å². The SMILES string of the molecule is CC(=O)N[C@@H](C)C(=O)N[C@@H](Cc1ccccc1)[C@H](O)CN(Cc1cccs1)S(=O)(=O)c1cc(F)c(F)cc1F. The van der Waals surface area contributed by atoms with Crippen molar-refractivity contribution < 1.29 is 36.3 Å². The van der Waals surface area contributed by atoms with Crippen LogP contribution in [-0.4, -0.2) is 54.4 Å². The number of nitrogens with zero attached hydrogens (tertiary/aromatic N) is 1. The van der Waals surface area contributed by atoms with E-state index in [1.165, 1.54) is 25.2 Å². The van der Waals surface area contributed by atoms with Crippen LogP contribution >= 0.6 is 11.3 Å². The van der Waals surface area contributed by atoms with Gasteiger partial charge >= 0.3 is 0 Å². The third kappa shape index (κ3) is 8.12. The lowest BCUT2D eigenvalue weighted by Gasteiger charge is -2.30. The monoisotopic (exact) mass is 583 g/mol. The van der Waals surface area contributed by atoms with Crippen molar-refractivity contribution in [3.05, 3.63) is 87.9 Å². The molecule has 0 bridgehead atoms. The van der Waals surface area contributed by atoms with Crippen molar-refractivity contribution >= 4 is 33.2 Å². The lowest BCUT2D eigenvalue weighted by Crippen LogP contribution is -2.54.